The average molecular weight is 640 g/mol. The van der Waals surface area contributed by atoms with Crippen LogP contribution in [0.2, 0.25) is 0 Å². The lowest BCUT2D eigenvalue weighted by atomic mass is 10.1. The number of carbonyl (C=O) groups is 2. The minimum Gasteiger partial charge on any atom is -0.494 e. The monoisotopic (exact) mass is 639 g/mol. The van der Waals surface area contributed by atoms with Crippen LogP contribution in [0.3, 0.4) is 0 Å². The zero-order valence-corrected chi connectivity index (χ0v) is 27.6. The normalized spacial score (nSPS) is 14.5. The van der Waals surface area contributed by atoms with Gasteiger partial charge >= 0.3 is 5.97 Å². The number of nitrogens with zero attached hydrogens (tertiary/aromatic N) is 6. The summed E-state index contributed by atoms with van der Waals surface area (Å²) in [5.74, 6) is 0.0128. The quantitative estimate of drug-likeness (QED) is 0.139. The van der Waals surface area contributed by atoms with Gasteiger partial charge in [0.2, 0.25) is 11.9 Å². The smallest absolute Gasteiger partial charge is 0.343 e. The number of ether oxygens (including phenoxy) is 2. The maximum atomic E-state index is 13.1. The van der Waals surface area contributed by atoms with E-state index in [1.807, 2.05) is 56.7 Å². The number of amides is 1. The zero-order valence-electron chi connectivity index (χ0n) is 27.6. The van der Waals surface area contributed by atoms with Crippen molar-refractivity contribution in [2.24, 2.45) is 7.05 Å². The highest BCUT2D eigenvalue weighted by Crippen LogP contribution is 2.39. The summed E-state index contributed by atoms with van der Waals surface area (Å²) in [7, 11) is 7.52. The minimum absolute atomic E-state index is 0.157. The van der Waals surface area contributed by atoms with Crippen molar-refractivity contribution >= 4 is 46.4 Å². The number of benzene rings is 2. The van der Waals surface area contributed by atoms with Crippen LogP contribution in [-0.2, 0) is 16.6 Å². The summed E-state index contributed by atoms with van der Waals surface area (Å²) in [6.07, 6.45) is 5.14. The second-order valence-electron chi connectivity index (χ2n) is 11.7. The Kier molecular flexibility index (Phi) is 10.0. The van der Waals surface area contributed by atoms with E-state index in [1.165, 1.54) is 12.3 Å². The van der Waals surface area contributed by atoms with Crippen LogP contribution in [0.5, 0.6) is 5.75 Å². The number of esters is 1. The van der Waals surface area contributed by atoms with Gasteiger partial charge in [-0.1, -0.05) is 24.8 Å². The number of likely N-dealkylation sites (N-methyl/N-ethyl adjacent to an activating group) is 2. The van der Waals surface area contributed by atoms with Gasteiger partial charge in [-0.2, -0.15) is 10.1 Å². The molecule has 1 saturated heterocycles. The lowest BCUT2D eigenvalue weighted by Gasteiger charge is -2.29. The van der Waals surface area contributed by atoms with E-state index in [0.29, 0.717) is 22.8 Å². The van der Waals surface area contributed by atoms with Gasteiger partial charge in [-0.25, -0.2) is 9.78 Å². The van der Waals surface area contributed by atoms with E-state index in [-0.39, 0.29) is 35.4 Å². The largest absolute Gasteiger partial charge is 0.494 e. The van der Waals surface area contributed by atoms with E-state index in [0.717, 1.165) is 36.5 Å². The number of methoxy groups -OCH3 is 1. The van der Waals surface area contributed by atoms with Crippen LogP contribution in [0.25, 0.3) is 11.3 Å². The molecule has 0 radical (unpaired) electrons. The molecule has 5 rings (SSSR count). The summed E-state index contributed by atoms with van der Waals surface area (Å²) >= 11 is 0. The highest BCUT2D eigenvalue weighted by molar-refractivity contribution is 6.02. The topological polar surface area (TPSA) is 139 Å². The third-order valence-corrected chi connectivity index (χ3v) is 7.82. The highest BCUT2D eigenvalue weighted by Gasteiger charge is 2.27. The van der Waals surface area contributed by atoms with Crippen molar-refractivity contribution in [3.63, 3.8) is 0 Å². The molecule has 3 heterocycles. The van der Waals surface area contributed by atoms with Gasteiger partial charge in [-0.3, -0.25) is 9.48 Å². The number of nitrogens with one attached hydrogen (secondary N) is 3. The number of aryl methyl sites for hydroxylation is 1. The predicted octanol–water partition coefficient (Wildman–Crippen LogP) is 5.20. The number of para-hydroxylation sites is 1. The predicted molar refractivity (Wildman–Crippen MR) is 184 cm³/mol. The summed E-state index contributed by atoms with van der Waals surface area (Å²) in [5.41, 5.74) is 4.28. The first-order valence-electron chi connectivity index (χ1n) is 15.3. The molecule has 1 fully saturated rings. The van der Waals surface area contributed by atoms with Crippen LogP contribution >= 0.6 is 0 Å². The maximum absolute atomic E-state index is 13.1. The molecule has 13 nitrogen and oxygen atoms in total. The molecule has 0 bridgehead atoms. The van der Waals surface area contributed by atoms with Crippen LogP contribution < -0.4 is 25.6 Å². The maximum Gasteiger partial charge on any atom is 0.343 e. The second-order valence-corrected chi connectivity index (χ2v) is 11.7. The number of carbonyl (C=O) groups excluding carboxylic acids is 2. The molecule has 0 aliphatic carbocycles. The summed E-state index contributed by atoms with van der Waals surface area (Å²) in [6.45, 7) is 9.05. The summed E-state index contributed by atoms with van der Waals surface area (Å²) in [4.78, 5) is 39.2. The first-order valence-corrected chi connectivity index (χ1v) is 15.3. The van der Waals surface area contributed by atoms with E-state index in [4.69, 9.17) is 14.5 Å². The third kappa shape index (κ3) is 7.69. The Labute approximate surface area is 274 Å². The number of likely N-dealkylation sites (tertiary alicyclic amines) is 1. The summed E-state index contributed by atoms with van der Waals surface area (Å²) in [6, 6.07) is 13.4. The summed E-state index contributed by atoms with van der Waals surface area (Å²) < 4.78 is 13.0. The van der Waals surface area contributed by atoms with Gasteiger partial charge in [0.1, 0.15) is 11.3 Å². The van der Waals surface area contributed by atoms with Crippen molar-refractivity contribution in [1.82, 2.24) is 24.6 Å². The fourth-order valence-electron chi connectivity index (χ4n) is 5.42. The number of hydrogen-bond donors (Lipinski definition) is 3. The van der Waals surface area contributed by atoms with Crippen molar-refractivity contribution in [1.29, 1.82) is 0 Å². The van der Waals surface area contributed by atoms with Crippen molar-refractivity contribution in [2.75, 3.05) is 55.1 Å². The molecule has 1 aliphatic heterocycles. The van der Waals surface area contributed by atoms with Gasteiger partial charge in [0.25, 0.3) is 0 Å². The lowest BCUT2D eigenvalue weighted by molar-refractivity contribution is -0.111. The molecule has 2 aromatic heterocycles. The van der Waals surface area contributed by atoms with E-state index >= 15 is 0 Å². The van der Waals surface area contributed by atoms with Gasteiger partial charge in [-0.15, -0.1) is 0 Å². The minimum atomic E-state index is -0.568. The van der Waals surface area contributed by atoms with Gasteiger partial charge in [0.05, 0.1) is 36.0 Å². The summed E-state index contributed by atoms with van der Waals surface area (Å²) in [5, 5.41) is 14.0. The van der Waals surface area contributed by atoms with Crippen LogP contribution in [0, 0.1) is 0 Å². The molecule has 1 amide bonds. The fourth-order valence-corrected chi connectivity index (χ4v) is 5.42. The van der Waals surface area contributed by atoms with Crippen molar-refractivity contribution in [3.8, 4) is 17.0 Å². The van der Waals surface area contributed by atoms with Gasteiger partial charge in [-0.05, 0) is 58.1 Å². The number of aromatic nitrogens is 4. The number of anilines is 6. The van der Waals surface area contributed by atoms with Crippen LogP contribution in [-0.4, -0.2) is 83.0 Å². The molecule has 2 aromatic carbocycles. The Morgan fingerprint density at radius 2 is 1.89 bits per heavy atom. The third-order valence-electron chi connectivity index (χ3n) is 7.82. The number of rotatable bonds is 12. The van der Waals surface area contributed by atoms with Gasteiger partial charge in [0, 0.05) is 56.4 Å². The van der Waals surface area contributed by atoms with E-state index < -0.39 is 5.97 Å². The molecule has 13 heteroatoms. The van der Waals surface area contributed by atoms with Gasteiger partial charge < -0.3 is 35.2 Å². The second kappa shape index (κ2) is 14.3. The first-order chi connectivity index (χ1) is 22.6. The highest BCUT2D eigenvalue weighted by atomic mass is 16.5. The molecule has 4 aromatic rings. The van der Waals surface area contributed by atoms with E-state index in [1.54, 1.807) is 31.7 Å². The zero-order chi connectivity index (χ0) is 33.7. The molecule has 47 heavy (non-hydrogen) atoms. The molecular formula is C34H41N9O4. The SMILES string of the molecule is C=CC(=O)Nc1cc(Nc2ncc(C(=O)OC(C)C)c(Nc3ccccc3-c3ccn(C)n3)n2)c(OC)cc1N(C)[C@H]1CCN(C)C1. The Balaban J connectivity index is 1.54. The first kappa shape index (κ1) is 32.9. The molecule has 1 atom stereocenters. The number of hydrogen-bond acceptors (Lipinski definition) is 11. The molecular weight excluding hydrogens is 598 g/mol. The van der Waals surface area contributed by atoms with E-state index in [9.17, 15) is 9.59 Å². The Morgan fingerprint density at radius 1 is 1.11 bits per heavy atom. The van der Waals surface area contributed by atoms with Gasteiger partial charge in [0.15, 0.2) is 5.82 Å². The van der Waals surface area contributed by atoms with Crippen LogP contribution in [0.1, 0.15) is 30.6 Å². The molecule has 0 unspecified atom stereocenters. The Hall–Kier alpha value is -5.43. The lowest BCUT2D eigenvalue weighted by Crippen LogP contribution is -2.34. The average Bonchev–Trinajstić information content (AvgIpc) is 3.68. The molecule has 0 saturated carbocycles. The standard InChI is InChI=1S/C34H41N9O4/c1-8-31(44)36-27-17-28(30(46-7)18-29(27)43(6)22-13-15-41(4)20-22)38-34-35-19-24(33(45)47-21(2)3)32(39-34)37-25-12-10-9-11-23(25)26-14-16-42(5)40-26/h8-12,14,16-19,21-22H,1,13,15,20H2,2-7H3,(H,36,44)(H2,35,37,38,39)/t22-/m0/s1. The van der Waals surface area contributed by atoms with E-state index in [2.05, 4.69) is 49.5 Å². The van der Waals surface area contributed by atoms with Crippen molar-refractivity contribution in [3.05, 3.63) is 73.1 Å². The molecule has 1 aliphatic rings. The van der Waals surface area contributed by atoms with Crippen molar-refractivity contribution in [2.45, 2.75) is 32.4 Å². The Morgan fingerprint density at radius 3 is 2.55 bits per heavy atom. The molecule has 3 N–H and O–H groups in total. The Bertz CT molecular complexity index is 1770. The van der Waals surface area contributed by atoms with Crippen LogP contribution in [0.15, 0.2) is 67.5 Å². The van der Waals surface area contributed by atoms with Crippen molar-refractivity contribution < 1.29 is 19.1 Å². The molecule has 0 spiro atoms. The van der Waals surface area contributed by atoms with Crippen LogP contribution in [0.4, 0.5) is 34.5 Å². The molecule has 246 valence electrons. The fraction of sp³-hybridized carbons (Fsp3) is 0.324.